The fraction of sp³-hybridized carbons (Fsp3) is 0.622. The van der Waals surface area contributed by atoms with Crippen molar-refractivity contribution in [2.75, 3.05) is 39.8 Å². The molecule has 1 amide bonds. The molecular weight excluding hydrogens is 550 g/mol. The summed E-state index contributed by atoms with van der Waals surface area (Å²) in [6, 6.07) is 21.2. The number of rotatable bonds is 9. The molecule has 4 aliphatic rings. The Morgan fingerprint density at radius 2 is 1.55 bits per heavy atom. The summed E-state index contributed by atoms with van der Waals surface area (Å²) in [6.45, 7) is 6.65. The van der Waals surface area contributed by atoms with Crippen molar-refractivity contribution in [3.8, 4) is 0 Å². The summed E-state index contributed by atoms with van der Waals surface area (Å²) in [5, 5.41) is 9.70. The van der Waals surface area contributed by atoms with Crippen molar-refractivity contribution in [2.45, 2.75) is 95.2 Å². The first kappa shape index (κ1) is 32.5. The van der Waals surface area contributed by atoms with Gasteiger partial charge in [-0.15, -0.1) is 0 Å². The third kappa shape index (κ3) is 8.85. The number of amides is 1. The molecule has 2 heterocycles. The van der Waals surface area contributed by atoms with E-state index in [1.165, 1.54) is 30.4 Å². The van der Waals surface area contributed by atoms with E-state index in [1.807, 2.05) is 24.3 Å². The van der Waals surface area contributed by atoms with Crippen LogP contribution >= 0.6 is 0 Å². The molecule has 2 unspecified atom stereocenters. The van der Waals surface area contributed by atoms with E-state index in [4.69, 9.17) is 4.74 Å². The van der Waals surface area contributed by atoms with Crippen LogP contribution in [0.15, 0.2) is 60.7 Å². The zero-order valence-electron chi connectivity index (χ0n) is 26.9. The molecule has 4 atom stereocenters. The molecular formula is C37H53N3O4. The quantitative estimate of drug-likeness (QED) is 0.345. The summed E-state index contributed by atoms with van der Waals surface area (Å²) in [4.78, 5) is 31.0. The predicted octanol–water partition coefficient (Wildman–Crippen LogP) is 6.68. The van der Waals surface area contributed by atoms with Gasteiger partial charge < -0.3 is 19.6 Å². The number of carboxylic acid groups (broad SMARTS) is 1. The molecule has 2 saturated carbocycles. The Hall–Kier alpha value is -2.90. The van der Waals surface area contributed by atoms with Crippen LogP contribution in [-0.2, 0) is 16.0 Å². The molecule has 2 saturated heterocycles. The average molecular weight is 604 g/mol. The number of hydrogen-bond acceptors (Lipinski definition) is 5. The van der Waals surface area contributed by atoms with E-state index < -0.39 is 5.97 Å². The van der Waals surface area contributed by atoms with Gasteiger partial charge >= 0.3 is 12.1 Å². The number of ether oxygens (including phenoxy) is 1. The molecule has 0 bridgehead atoms. The second kappa shape index (κ2) is 15.9. The normalized spacial score (nSPS) is 25.5. The minimum absolute atomic E-state index is 0.107. The summed E-state index contributed by atoms with van der Waals surface area (Å²) in [5.74, 6) is 0.856. The first-order valence-corrected chi connectivity index (χ1v) is 17.1. The first-order chi connectivity index (χ1) is 21.4. The van der Waals surface area contributed by atoms with E-state index in [2.05, 4.69) is 65.1 Å². The predicted molar refractivity (Wildman–Crippen MR) is 175 cm³/mol. The number of carbonyl (C=O) groups excluding carboxylic acids is 1. The molecule has 0 aromatic heterocycles. The third-order valence-corrected chi connectivity index (χ3v) is 10.4. The van der Waals surface area contributed by atoms with Gasteiger partial charge in [0.25, 0.3) is 0 Å². The van der Waals surface area contributed by atoms with E-state index in [9.17, 15) is 14.7 Å². The van der Waals surface area contributed by atoms with Crippen LogP contribution in [0, 0.1) is 11.8 Å². The average Bonchev–Trinajstić information content (AvgIpc) is 3.55. The molecule has 0 spiro atoms. The van der Waals surface area contributed by atoms with Crippen LogP contribution in [0.5, 0.6) is 0 Å². The Morgan fingerprint density at radius 3 is 2.16 bits per heavy atom. The van der Waals surface area contributed by atoms with Crippen LogP contribution in [0.2, 0.25) is 0 Å². The molecule has 240 valence electrons. The standard InChI is InChI=1S/C19H28N2O2.C18H25NO2/c1-15-14-18(15)21(17-8-11-20(2)12-9-17)19(22)23-13-10-16-6-4-3-5-7-16;20-18(21)17(15-9-5-2-6-10-15)19-12-11-16(13-19)14-7-3-1-4-8-14/h3-7,15,17-18H,8-14H2,1-2H3;1,3-4,7-8,15-17H,2,5-6,9-13H2,(H,20,21)/t;16-,17-/m.1/s1. The van der Waals surface area contributed by atoms with Gasteiger partial charge in [-0.3, -0.25) is 9.69 Å². The molecule has 4 fully saturated rings. The highest BCUT2D eigenvalue weighted by molar-refractivity contribution is 5.74. The zero-order chi connectivity index (χ0) is 30.9. The maximum absolute atomic E-state index is 12.6. The smallest absolute Gasteiger partial charge is 0.410 e. The van der Waals surface area contributed by atoms with Gasteiger partial charge in [0, 0.05) is 25.0 Å². The third-order valence-electron chi connectivity index (χ3n) is 10.4. The van der Waals surface area contributed by atoms with Gasteiger partial charge in [-0.2, -0.15) is 0 Å². The van der Waals surface area contributed by atoms with Crippen molar-refractivity contribution in [1.29, 1.82) is 0 Å². The molecule has 7 heteroatoms. The van der Waals surface area contributed by atoms with Gasteiger partial charge in [0.15, 0.2) is 0 Å². The molecule has 2 aliphatic carbocycles. The van der Waals surface area contributed by atoms with Gasteiger partial charge in [0.05, 0.1) is 6.61 Å². The minimum Gasteiger partial charge on any atom is -0.480 e. The van der Waals surface area contributed by atoms with Crippen LogP contribution in [0.3, 0.4) is 0 Å². The molecule has 2 aromatic carbocycles. The molecule has 1 N–H and O–H groups in total. The fourth-order valence-corrected chi connectivity index (χ4v) is 7.64. The van der Waals surface area contributed by atoms with Gasteiger partial charge in [0.1, 0.15) is 6.04 Å². The summed E-state index contributed by atoms with van der Waals surface area (Å²) in [5.41, 5.74) is 2.57. The summed E-state index contributed by atoms with van der Waals surface area (Å²) in [6.07, 6.45) is 10.9. The SMILES string of the molecule is CC1CC1N(C(=O)OCCc1ccccc1)C1CCN(C)CC1.O=C(O)[C@@H](C1CCCCC1)N1CC[C@@H](c2ccccc2)C1. The van der Waals surface area contributed by atoms with Crippen LogP contribution < -0.4 is 0 Å². The van der Waals surface area contributed by atoms with Crippen molar-refractivity contribution < 1.29 is 19.4 Å². The van der Waals surface area contributed by atoms with E-state index in [0.29, 0.717) is 36.4 Å². The van der Waals surface area contributed by atoms with Crippen molar-refractivity contribution >= 4 is 12.1 Å². The van der Waals surface area contributed by atoms with Crippen molar-refractivity contribution in [3.05, 3.63) is 71.8 Å². The first-order valence-electron chi connectivity index (χ1n) is 17.1. The Kier molecular flexibility index (Phi) is 11.7. The molecule has 6 rings (SSSR count). The summed E-state index contributed by atoms with van der Waals surface area (Å²) < 4.78 is 5.61. The van der Waals surface area contributed by atoms with Gasteiger partial charge in [0.2, 0.25) is 0 Å². The second-order valence-electron chi connectivity index (χ2n) is 13.6. The summed E-state index contributed by atoms with van der Waals surface area (Å²) >= 11 is 0. The highest BCUT2D eigenvalue weighted by Crippen LogP contribution is 2.38. The second-order valence-corrected chi connectivity index (χ2v) is 13.6. The van der Waals surface area contributed by atoms with Gasteiger partial charge in [-0.25, -0.2) is 4.79 Å². The maximum Gasteiger partial charge on any atom is 0.410 e. The van der Waals surface area contributed by atoms with E-state index >= 15 is 0 Å². The van der Waals surface area contributed by atoms with Crippen LogP contribution in [0.1, 0.15) is 81.8 Å². The largest absolute Gasteiger partial charge is 0.480 e. The molecule has 44 heavy (non-hydrogen) atoms. The lowest BCUT2D eigenvalue weighted by molar-refractivity contribution is -0.145. The molecule has 0 radical (unpaired) electrons. The number of likely N-dealkylation sites (tertiary alicyclic amines) is 2. The Balaban J connectivity index is 0.000000175. The Morgan fingerprint density at radius 1 is 0.909 bits per heavy atom. The van der Waals surface area contributed by atoms with Crippen LogP contribution in [0.4, 0.5) is 4.79 Å². The lowest BCUT2D eigenvalue weighted by Gasteiger charge is -2.37. The van der Waals surface area contributed by atoms with Crippen molar-refractivity contribution in [1.82, 2.24) is 14.7 Å². The van der Waals surface area contributed by atoms with Crippen molar-refractivity contribution in [2.24, 2.45) is 11.8 Å². The van der Waals surface area contributed by atoms with Gasteiger partial charge in [-0.05, 0) is 94.1 Å². The minimum atomic E-state index is -0.615. The molecule has 2 aromatic rings. The summed E-state index contributed by atoms with van der Waals surface area (Å²) in [7, 11) is 2.15. The number of nitrogens with zero attached hydrogens (tertiary/aromatic N) is 3. The lowest BCUT2D eigenvalue weighted by atomic mass is 9.83. The Labute approximate surface area is 264 Å². The molecule has 2 aliphatic heterocycles. The lowest BCUT2D eigenvalue weighted by Crippen LogP contribution is -2.48. The topological polar surface area (TPSA) is 73.3 Å². The van der Waals surface area contributed by atoms with E-state index in [-0.39, 0.29) is 12.1 Å². The van der Waals surface area contributed by atoms with Crippen molar-refractivity contribution in [3.63, 3.8) is 0 Å². The number of aliphatic carboxylic acids is 1. The maximum atomic E-state index is 12.6. The van der Waals surface area contributed by atoms with Gasteiger partial charge in [-0.1, -0.05) is 86.8 Å². The highest BCUT2D eigenvalue weighted by Gasteiger charge is 2.45. The van der Waals surface area contributed by atoms with Crippen LogP contribution in [-0.4, -0.2) is 89.8 Å². The number of carbonyl (C=O) groups is 2. The number of hydrogen-bond donors (Lipinski definition) is 1. The monoisotopic (exact) mass is 603 g/mol. The highest BCUT2D eigenvalue weighted by atomic mass is 16.6. The van der Waals surface area contributed by atoms with Crippen LogP contribution in [0.25, 0.3) is 0 Å². The number of piperidine rings is 1. The number of benzene rings is 2. The fourth-order valence-electron chi connectivity index (χ4n) is 7.64. The molecule has 7 nitrogen and oxygen atoms in total. The number of carboxylic acids is 1. The Bertz CT molecular complexity index is 1160. The van der Waals surface area contributed by atoms with E-state index in [0.717, 1.165) is 71.1 Å². The zero-order valence-corrected chi connectivity index (χ0v) is 26.9. The van der Waals surface area contributed by atoms with E-state index in [1.54, 1.807) is 0 Å².